The Morgan fingerprint density at radius 1 is 0.710 bits per heavy atom. The number of fused-ring (bicyclic) bond motifs is 1. The number of aliphatic imine (C=N–C) groups is 1. The molecule has 15 heteroatoms. The zero-order chi connectivity index (χ0) is 50.9. The third kappa shape index (κ3) is 13.7. The zero-order valence-electron chi connectivity index (χ0n) is 43.4. The SMILES string of the molecule is Cc1ccc(C(C)(C)CC(C)(C)C)cc1OS(=O)Nc1cc(NS(=O)Oc2cc(C(C)(C)CC(C)(C)C)ccc2C)cc(-c2nc3n(n2)N=C(C(C)(C)C)C3=Nc2ccc(N(C)CCC#N)cc2)c1. The van der Waals surface area contributed by atoms with Crippen LogP contribution in [-0.4, -0.2) is 48.3 Å². The number of aromatic nitrogens is 3. The van der Waals surface area contributed by atoms with E-state index in [2.05, 4.69) is 118 Å². The first-order valence-corrected chi connectivity index (χ1v) is 25.6. The fraction of sp³-hybridized carbons (Fsp3) is 0.463. The number of hydrogen-bond acceptors (Lipinski definition) is 10. The molecule has 0 radical (unpaired) electrons. The van der Waals surface area contributed by atoms with Gasteiger partial charge >= 0.3 is 22.5 Å². The fourth-order valence-corrected chi connectivity index (χ4v) is 10.5. The van der Waals surface area contributed by atoms with Crippen LogP contribution in [0.2, 0.25) is 0 Å². The molecule has 4 aromatic carbocycles. The van der Waals surface area contributed by atoms with Crippen molar-refractivity contribution in [3.05, 3.63) is 107 Å². The molecule has 1 aliphatic rings. The standard InChI is InChI=1S/C54H71N9O4S2/c1-35-18-20-38(53(12,13)33-50(3,4)5)30-44(35)66-68(64)60-41-28-37(29-42(32-41)61-69(65)67-45-31-39(21-19-36(45)2)54(14,15)34-51(6,7)8)48-57-49-46(47(52(9,10)11)58-63(49)59-48)56-40-22-24-43(25-23-40)62(16)27-17-26-55/h18-25,28-32,60-61H,17,27,33-34H2,1-16H3. The summed E-state index contributed by atoms with van der Waals surface area (Å²) in [6, 6.07) is 27.3. The number of nitrogens with one attached hydrogen (secondary N) is 2. The molecule has 0 fully saturated rings. The Bertz CT molecular complexity index is 2720. The van der Waals surface area contributed by atoms with Gasteiger partial charge in [0.15, 0.2) is 5.82 Å². The maximum atomic E-state index is 13.9. The van der Waals surface area contributed by atoms with Crippen LogP contribution in [-0.2, 0) is 33.4 Å². The Morgan fingerprint density at radius 3 is 1.65 bits per heavy atom. The van der Waals surface area contributed by atoms with Crippen molar-refractivity contribution in [3.63, 3.8) is 0 Å². The molecular formula is C54H71N9O4S2. The molecular weight excluding hydrogens is 903 g/mol. The van der Waals surface area contributed by atoms with Gasteiger partial charge in [-0.3, -0.25) is 9.44 Å². The Hall–Kier alpha value is -5.85. The third-order valence-corrected chi connectivity index (χ3v) is 13.3. The molecule has 2 heterocycles. The van der Waals surface area contributed by atoms with Gasteiger partial charge in [-0.2, -0.15) is 18.8 Å². The summed E-state index contributed by atoms with van der Waals surface area (Å²) < 4.78 is 46.1. The van der Waals surface area contributed by atoms with Crippen molar-refractivity contribution in [1.82, 2.24) is 14.9 Å². The highest BCUT2D eigenvalue weighted by Gasteiger charge is 2.35. The summed E-state index contributed by atoms with van der Waals surface area (Å²) in [6.07, 6.45) is 2.30. The molecule has 0 saturated carbocycles. The van der Waals surface area contributed by atoms with E-state index in [0.29, 0.717) is 64.5 Å². The molecule has 5 aromatic rings. The van der Waals surface area contributed by atoms with Crippen molar-refractivity contribution < 1.29 is 16.8 Å². The van der Waals surface area contributed by atoms with Crippen molar-refractivity contribution in [2.45, 2.75) is 134 Å². The minimum absolute atomic E-state index is 0.0977. The monoisotopic (exact) mass is 974 g/mol. The zero-order valence-corrected chi connectivity index (χ0v) is 45.0. The van der Waals surface area contributed by atoms with Crippen molar-refractivity contribution >= 4 is 56.7 Å². The predicted octanol–water partition coefficient (Wildman–Crippen LogP) is 12.9. The van der Waals surface area contributed by atoms with Crippen LogP contribution in [0, 0.1) is 41.4 Å². The van der Waals surface area contributed by atoms with Gasteiger partial charge in [0.1, 0.15) is 17.2 Å². The largest absolute Gasteiger partial charge is 0.385 e. The lowest BCUT2D eigenvalue weighted by Crippen LogP contribution is -2.27. The highest BCUT2D eigenvalue weighted by Crippen LogP contribution is 2.40. The normalized spacial score (nSPS) is 14.7. The minimum atomic E-state index is -2.05. The summed E-state index contributed by atoms with van der Waals surface area (Å²) >= 11 is -4.11. The maximum Gasteiger partial charge on any atom is 0.316 e. The van der Waals surface area contributed by atoms with Crippen molar-refractivity contribution in [2.75, 3.05) is 27.9 Å². The molecule has 13 nitrogen and oxygen atoms in total. The number of anilines is 3. The summed E-state index contributed by atoms with van der Waals surface area (Å²) in [5.41, 5.74) is 7.60. The molecule has 0 amide bonds. The number of benzene rings is 4. The Labute approximate surface area is 415 Å². The fourth-order valence-electron chi connectivity index (χ4n) is 9.11. The molecule has 1 aromatic heterocycles. The van der Waals surface area contributed by atoms with Gasteiger partial charge in [-0.25, -0.2) is 9.98 Å². The van der Waals surface area contributed by atoms with E-state index in [4.69, 9.17) is 33.8 Å². The quantitative estimate of drug-likeness (QED) is 0.0931. The summed E-state index contributed by atoms with van der Waals surface area (Å²) in [4.78, 5) is 13.6. The Morgan fingerprint density at radius 2 is 1.20 bits per heavy atom. The molecule has 69 heavy (non-hydrogen) atoms. The summed E-state index contributed by atoms with van der Waals surface area (Å²) in [6.45, 7) is 32.9. The first-order chi connectivity index (χ1) is 32.0. The van der Waals surface area contributed by atoms with E-state index in [-0.39, 0.29) is 21.7 Å². The van der Waals surface area contributed by atoms with Crippen molar-refractivity contribution in [2.24, 2.45) is 26.3 Å². The predicted molar refractivity (Wildman–Crippen MR) is 285 cm³/mol. The summed E-state index contributed by atoms with van der Waals surface area (Å²) in [5, 5.41) is 18.8. The third-order valence-electron chi connectivity index (χ3n) is 11.8. The van der Waals surface area contributed by atoms with E-state index in [9.17, 15) is 8.42 Å². The summed E-state index contributed by atoms with van der Waals surface area (Å²) in [5.74, 6) is 1.76. The van der Waals surface area contributed by atoms with Crippen molar-refractivity contribution in [3.8, 4) is 29.0 Å². The molecule has 1 aliphatic heterocycles. The van der Waals surface area contributed by atoms with Crippen LogP contribution in [0.4, 0.5) is 22.7 Å². The van der Waals surface area contributed by atoms with E-state index >= 15 is 0 Å². The number of nitriles is 1. The van der Waals surface area contributed by atoms with Gasteiger partial charge in [0, 0.05) is 30.3 Å². The average Bonchev–Trinajstić information content (AvgIpc) is 3.79. The molecule has 0 saturated heterocycles. The van der Waals surface area contributed by atoms with Crippen LogP contribution < -0.4 is 22.7 Å². The molecule has 2 N–H and O–H groups in total. The van der Waals surface area contributed by atoms with Crippen LogP contribution in [0.1, 0.15) is 137 Å². The number of nitrogens with zero attached hydrogens (tertiary/aromatic N) is 7. The topological polar surface area (TPSA) is 159 Å². The number of aryl methyl sites for hydroxylation is 2. The highest BCUT2D eigenvalue weighted by atomic mass is 32.2. The van der Waals surface area contributed by atoms with E-state index in [1.54, 1.807) is 18.2 Å². The highest BCUT2D eigenvalue weighted by molar-refractivity contribution is 7.82. The lowest BCUT2D eigenvalue weighted by atomic mass is 9.72. The molecule has 368 valence electrons. The summed E-state index contributed by atoms with van der Waals surface area (Å²) in [7, 11) is 1.95. The second-order valence-electron chi connectivity index (χ2n) is 23.0. The molecule has 2 unspecified atom stereocenters. The number of hydrogen-bond donors (Lipinski definition) is 2. The first kappa shape index (κ1) is 52.5. The lowest BCUT2D eigenvalue weighted by Gasteiger charge is -2.33. The molecule has 2 atom stereocenters. The molecule has 0 aliphatic carbocycles. The second-order valence-corrected chi connectivity index (χ2v) is 24.7. The molecule has 0 spiro atoms. The van der Waals surface area contributed by atoms with Crippen molar-refractivity contribution in [1.29, 1.82) is 5.26 Å². The lowest BCUT2D eigenvalue weighted by molar-refractivity contribution is 0.283. The van der Waals surface area contributed by atoms with E-state index in [1.165, 1.54) is 4.79 Å². The Kier molecular flexibility index (Phi) is 15.4. The van der Waals surface area contributed by atoms with Gasteiger partial charge in [0.25, 0.3) is 0 Å². The smallest absolute Gasteiger partial charge is 0.316 e. The van der Waals surface area contributed by atoms with Gasteiger partial charge in [-0.05, 0) is 125 Å². The van der Waals surface area contributed by atoms with Gasteiger partial charge in [0.05, 0.1) is 35.3 Å². The van der Waals surface area contributed by atoms with Gasteiger partial charge in [-0.1, -0.05) is 114 Å². The minimum Gasteiger partial charge on any atom is -0.385 e. The van der Waals surface area contributed by atoms with Gasteiger partial charge in [0.2, 0.25) is 5.82 Å². The maximum absolute atomic E-state index is 13.9. The van der Waals surface area contributed by atoms with E-state index < -0.39 is 27.9 Å². The van der Waals surface area contributed by atoms with Gasteiger partial charge in [-0.15, -0.1) is 9.89 Å². The average molecular weight is 974 g/mol. The van der Waals surface area contributed by atoms with Crippen LogP contribution in [0.5, 0.6) is 11.5 Å². The van der Waals surface area contributed by atoms with Crippen LogP contribution in [0.25, 0.3) is 11.4 Å². The Balaban J connectivity index is 1.35. The van der Waals surface area contributed by atoms with Crippen LogP contribution in [0.3, 0.4) is 0 Å². The first-order valence-electron chi connectivity index (χ1n) is 23.5. The van der Waals surface area contributed by atoms with Crippen LogP contribution in [0.15, 0.2) is 89.0 Å². The molecule has 0 bridgehead atoms. The number of rotatable bonds is 17. The van der Waals surface area contributed by atoms with E-state index in [0.717, 1.165) is 46.5 Å². The van der Waals surface area contributed by atoms with Crippen LogP contribution >= 0.6 is 0 Å². The second kappa shape index (κ2) is 20.2. The molecule has 6 rings (SSSR count). The van der Waals surface area contributed by atoms with Gasteiger partial charge < -0.3 is 13.3 Å². The van der Waals surface area contributed by atoms with E-state index in [1.807, 2.05) is 74.3 Å².